The number of nitrogens with one attached hydrogen (secondary N) is 1. The van der Waals surface area contributed by atoms with Crippen LogP contribution in [0.15, 0.2) is 72.8 Å². The number of hydrogen-bond acceptors (Lipinski definition) is 2. The lowest BCUT2D eigenvalue weighted by Gasteiger charge is -2.08. The predicted molar refractivity (Wildman–Crippen MR) is 95.6 cm³/mol. The van der Waals surface area contributed by atoms with Crippen molar-refractivity contribution >= 4 is 39.4 Å². The van der Waals surface area contributed by atoms with Gasteiger partial charge in [0.15, 0.2) is 5.78 Å². The van der Waals surface area contributed by atoms with Crippen molar-refractivity contribution < 1.29 is 4.79 Å². The summed E-state index contributed by atoms with van der Waals surface area (Å²) < 4.78 is 0. The summed E-state index contributed by atoms with van der Waals surface area (Å²) in [4.78, 5) is 12.9. The predicted octanol–water partition coefficient (Wildman–Crippen LogP) is 4.85. The first kappa shape index (κ1) is 14.4. The van der Waals surface area contributed by atoms with Crippen molar-refractivity contribution in [3.8, 4) is 0 Å². The van der Waals surface area contributed by atoms with Gasteiger partial charge in [-0.25, -0.2) is 0 Å². The normalized spacial score (nSPS) is 10.4. The van der Waals surface area contributed by atoms with Gasteiger partial charge in [0.25, 0.3) is 0 Å². The average molecular weight is 305 g/mol. The Bertz CT molecular complexity index is 827. The van der Waals surface area contributed by atoms with Crippen LogP contribution < -0.4 is 5.32 Å². The standard InChI is InChI=1S/C19H15NOS/c21-18(13-19(22)20-17-8-2-1-3-9-17)16-11-10-14-6-4-5-7-15(14)12-16/h1-12H,13H2,(H,20,22). The molecule has 0 bridgehead atoms. The molecule has 0 fully saturated rings. The fourth-order valence-electron chi connectivity index (χ4n) is 2.34. The summed E-state index contributed by atoms with van der Waals surface area (Å²) in [6.07, 6.45) is 0.211. The molecule has 0 aliphatic carbocycles. The number of carbonyl (C=O) groups excluding carboxylic acids is 1. The van der Waals surface area contributed by atoms with Gasteiger partial charge in [0.2, 0.25) is 0 Å². The van der Waals surface area contributed by atoms with E-state index in [1.807, 2.05) is 72.8 Å². The van der Waals surface area contributed by atoms with Gasteiger partial charge in [-0.1, -0.05) is 66.8 Å². The summed E-state index contributed by atoms with van der Waals surface area (Å²) >= 11 is 5.28. The SMILES string of the molecule is O=C(CC(=S)Nc1ccccc1)c1ccc2ccccc2c1. The van der Waals surface area contributed by atoms with Gasteiger partial charge in [-0.3, -0.25) is 4.79 Å². The van der Waals surface area contributed by atoms with E-state index in [9.17, 15) is 4.79 Å². The summed E-state index contributed by atoms with van der Waals surface area (Å²) in [5.41, 5.74) is 1.59. The molecule has 2 nitrogen and oxygen atoms in total. The van der Waals surface area contributed by atoms with Gasteiger partial charge in [-0.2, -0.15) is 0 Å². The van der Waals surface area contributed by atoms with Crippen LogP contribution in [0.4, 0.5) is 5.69 Å². The highest BCUT2D eigenvalue weighted by molar-refractivity contribution is 7.80. The molecule has 0 heterocycles. The third kappa shape index (κ3) is 3.38. The Balaban J connectivity index is 1.71. The number of hydrogen-bond donors (Lipinski definition) is 1. The summed E-state index contributed by atoms with van der Waals surface area (Å²) in [5.74, 6) is 0.0270. The molecular formula is C19H15NOS. The average Bonchev–Trinajstić information content (AvgIpc) is 2.55. The van der Waals surface area contributed by atoms with Crippen LogP contribution in [0.2, 0.25) is 0 Å². The quantitative estimate of drug-likeness (QED) is 0.552. The molecule has 0 saturated carbocycles. The van der Waals surface area contributed by atoms with E-state index in [-0.39, 0.29) is 12.2 Å². The fourth-order valence-corrected chi connectivity index (χ4v) is 2.59. The van der Waals surface area contributed by atoms with E-state index in [0.717, 1.165) is 16.5 Å². The van der Waals surface area contributed by atoms with Crippen molar-refractivity contribution in [2.45, 2.75) is 6.42 Å². The smallest absolute Gasteiger partial charge is 0.169 e. The van der Waals surface area contributed by atoms with Gasteiger partial charge in [0.1, 0.15) is 0 Å². The van der Waals surface area contributed by atoms with Gasteiger partial charge in [0.05, 0.1) is 11.4 Å². The number of para-hydroxylation sites is 1. The molecule has 0 spiro atoms. The Morgan fingerprint density at radius 2 is 1.55 bits per heavy atom. The molecule has 3 aromatic carbocycles. The molecule has 3 heteroatoms. The number of Topliss-reactive ketones (excluding diaryl/α,β-unsaturated/α-hetero) is 1. The fraction of sp³-hybridized carbons (Fsp3) is 0.0526. The first-order valence-electron chi connectivity index (χ1n) is 7.09. The van der Waals surface area contributed by atoms with Crippen molar-refractivity contribution in [1.82, 2.24) is 0 Å². The Morgan fingerprint density at radius 3 is 2.32 bits per heavy atom. The minimum atomic E-state index is 0.0270. The molecule has 0 aliphatic rings. The number of fused-ring (bicyclic) bond motifs is 1. The van der Waals surface area contributed by atoms with E-state index in [2.05, 4.69) is 5.32 Å². The molecule has 0 radical (unpaired) electrons. The first-order chi connectivity index (χ1) is 10.7. The van der Waals surface area contributed by atoms with Crippen LogP contribution in [-0.4, -0.2) is 10.8 Å². The second kappa shape index (κ2) is 6.50. The van der Waals surface area contributed by atoms with Crippen LogP contribution >= 0.6 is 12.2 Å². The van der Waals surface area contributed by atoms with Gasteiger partial charge in [-0.05, 0) is 29.0 Å². The monoisotopic (exact) mass is 305 g/mol. The van der Waals surface area contributed by atoms with Gasteiger partial charge >= 0.3 is 0 Å². The second-order valence-corrected chi connectivity index (χ2v) is 5.57. The Morgan fingerprint density at radius 1 is 0.864 bits per heavy atom. The van der Waals surface area contributed by atoms with Crippen LogP contribution in [0, 0.1) is 0 Å². The highest BCUT2D eigenvalue weighted by Gasteiger charge is 2.10. The topological polar surface area (TPSA) is 29.1 Å². The minimum absolute atomic E-state index is 0.0270. The summed E-state index contributed by atoms with van der Waals surface area (Å²) in [6.45, 7) is 0. The lowest BCUT2D eigenvalue weighted by molar-refractivity contribution is 0.100. The first-order valence-corrected chi connectivity index (χ1v) is 7.50. The zero-order valence-electron chi connectivity index (χ0n) is 12.0. The molecule has 108 valence electrons. The van der Waals surface area contributed by atoms with E-state index in [1.165, 1.54) is 0 Å². The number of anilines is 1. The second-order valence-electron chi connectivity index (χ2n) is 5.08. The molecule has 22 heavy (non-hydrogen) atoms. The number of thiocarbonyl (C=S) groups is 1. The van der Waals surface area contributed by atoms with Crippen molar-refractivity contribution in [2.24, 2.45) is 0 Å². The summed E-state index contributed by atoms with van der Waals surface area (Å²) in [6, 6.07) is 23.4. The van der Waals surface area contributed by atoms with Crippen molar-refractivity contribution in [1.29, 1.82) is 0 Å². The third-order valence-electron chi connectivity index (χ3n) is 3.45. The number of ketones is 1. The Kier molecular flexibility index (Phi) is 4.26. The minimum Gasteiger partial charge on any atom is -0.350 e. The van der Waals surface area contributed by atoms with E-state index in [1.54, 1.807) is 0 Å². The molecule has 3 rings (SSSR count). The van der Waals surface area contributed by atoms with Gasteiger partial charge < -0.3 is 5.32 Å². The third-order valence-corrected chi connectivity index (χ3v) is 3.70. The molecule has 0 unspecified atom stereocenters. The van der Waals surface area contributed by atoms with Crippen LogP contribution in [-0.2, 0) is 0 Å². The Labute approximate surface area is 134 Å². The van der Waals surface area contributed by atoms with Crippen molar-refractivity contribution in [2.75, 3.05) is 5.32 Å². The largest absolute Gasteiger partial charge is 0.350 e. The zero-order valence-corrected chi connectivity index (χ0v) is 12.8. The maximum absolute atomic E-state index is 12.4. The molecule has 0 amide bonds. The highest BCUT2D eigenvalue weighted by Crippen LogP contribution is 2.17. The molecular weight excluding hydrogens is 290 g/mol. The molecule has 0 aromatic heterocycles. The molecule has 0 saturated heterocycles. The van der Waals surface area contributed by atoms with Gasteiger partial charge in [-0.15, -0.1) is 0 Å². The molecule has 3 aromatic rings. The summed E-state index contributed by atoms with van der Waals surface area (Å²) in [7, 11) is 0. The lowest BCUT2D eigenvalue weighted by atomic mass is 10.0. The summed E-state index contributed by atoms with van der Waals surface area (Å²) in [5, 5.41) is 5.28. The lowest BCUT2D eigenvalue weighted by Crippen LogP contribution is -2.14. The van der Waals surface area contributed by atoms with Crippen LogP contribution in [0.1, 0.15) is 16.8 Å². The maximum Gasteiger partial charge on any atom is 0.169 e. The van der Waals surface area contributed by atoms with Crippen molar-refractivity contribution in [3.05, 3.63) is 78.4 Å². The van der Waals surface area contributed by atoms with Crippen LogP contribution in [0.3, 0.4) is 0 Å². The molecule has 0 atom stereocenters. The van der Waals surface area contributed by atoms with Crippen LogP contribution in [0.5, 0.6) is 0 Å². The number of benzene rings is 3. The van der Waals surface area contributed by atoms with Gasteiger partial charge in [0, 0.05) is 11.3 Å². The highest BCUT2D eigenvalue weighted by atomic mass is 32.1. The molecule has 0 aliphatic heterocycles. The Hall–Kier alpha value is -2.52. The molecule has 1 N–H and O–H groups in total. The maximum atomic E-state index is 12.4. The van der Waals surface area contributed by atoms with E-state index in [4.69, 9.17) is 12.2 Å². The number of carbonyl (C=O) groups is 1. The van der Waals surface area contributed by atoms with E-state index >= 15 is 0 Å². The van der Waals surface area contributed by atoms with Crippen molar-refractivity contribution in [3.63, 3.8) is 0 Å². The zero-order chi connectivity index (χ0) is 15.4. The van der Waals surface area contributed by atoms with E-state index in [0.29, 0.717) is 10.6 Å². The van der Waals surface area contributed by atoms with E-state index < -0.39 is 0 Å². The van der Waals surface area contributed by atoms with Crippen LogP contribution in [0.25, 0.3) is 10.8 Å². The number of rotatable bonds is 4.